The van der Waals surface area contributed by atoms with Gasteiger partial charge in [-0.3, -0.25) is 9.78 Å². The Balaban J connectivity index is 1.65. The highest BCUT2D eigenvalue weighted by atomic mass is 16.1. The summed E-state index contributed by atoms with van der Waals surface area (Å²) >= 11 is 0. The zero-order valence-electron chi connectivity index (χ0n) is 11.3. The molecule has 1 aromatic carbocycles. The smallest absolute Gasteiger partial charge is 0.271 e. The van der Waals surface area contributed by atoms with E-state index in [0.717, 1.165) is 12.0 Å². The van der Waals surface area contributed by atoms with Crippen LogP contribution in [0.4, 0.5) is 0 Å². The maximum Gasteiger partial charge on any atom is 0.271 e. The maximum atomic E-state index is 11.9. The van der Waals surface area contributed by atoms with Crippen LogP contribution in [-0.2, 0) is 19.4 Å². The van der Waals surface area contributed by atoms with Gasteiger partial charge in [0.05, 0.1) is 6.20 Å². The monoisotopic (exact) mass is 267 g/mol. The average Bonchev–Trinajstić information content (AvgIpc) is 2.53. The maximum absolute atomic E-state index is 11.9. The molecule has 20 heavy (non-hydrogen) atoms. The molecule has 1 aliphatic rings. The number of nitrogens with one attached hydrogen (secondary N) is 1. The third-order valence-corrected chi connectivity index (χ3v) is 3.66. The molecule has 0 unspecified atom stereocenters. The van der Waals surface area contributed by atoms with Gasteiger partial charge in [-0.1, -0.05) is 18.2 Å². The SMILES string of the molecule is O=C(NCc1ccc2c(c1)CCCC2)c1cnccn1. The zero-order chi connectivity index (χ0) is 13.8. The van der Waals surface area contributed by atoms with Crippen molar-refractivity contribution < 1.29 is 4.79 Å². The molecule has 0 aliphatic heterocycles. The summed E-state index contributed by atoms with van der Waals surface area (Å²) in [7, 11) is 0. The molecule has 0 spiro atoms. The van der Waals surface area contributed by atoms with Crippen molar-refractivity contribution in [1.82, 2.24) is 15.3 Å². The summed E-state index contributed by atoms with van der Waals surface area (Å²) in [6, 6.07) is 6.50. The lowest BCUT2D eigenvalue weighted by molar-refractivity contribution is 0.0945. The van der Waals surface area contributed by atoms with E-state index in [9.17, 15) is 4.79 Å². The van der Waals surface area contributed by atoms with Gasteiger partial charge in [-0.25, -0.2) is 4.98 Å². The van der Waals surface area contributed by atoms with Crippen molar-refractivity contribution in [2.75, 3.05) is 0 Å². The molecule has 0 bridgehead atoms. The number of nitrogens with zero attached hydrogens (tertiary/aromatic N) is 2. The van der Waals surface area contributed by atoms with E-state index in [-0.39, 0.29) is 5.91 Å². The van der Waals surface area contributed by atoms with E-state index in [2.05, 4.69) is 33.5 Å². The van der Waals surface area contributed by atoms with Crippen molar-refractivity contribution in [3.63, 3.8) is 0 Å². The molecule has 1 N–H and O–H groups in total. The quantitative estimate of drug-likeness (QED) is 0.928. The number of amides is 1. The van der Waals surface area contributed by atoms with Crippen LogP contribution in [0.1, 0.15) is 40.0 Å². The largest absolute Gasteiger partial charge is 0.347 e. The predicted molar refractivity (Wildman–Crippen MR) is 76.3 cm³/mol. The standard InChI is InChI=1S/C16H17N3O/c20-16(15-11-17-7-8-18-15)19-10-12-5-6-13-3-1-2-4-14(13)9-12/h5-9,11H,1-4,10H2,(H,19,20). The highest BCUT2D eigenvalue weighted by molar-refractivity contribution is 5.91. The highest BCUT2D eigenvalue weighted by Gasteiger charge is 2.10. The molecule has 0 saturated carbocycles. The average molecular weight is 267 g/mol. The minimum Gasteiger partial charge on any atom is -0.347 e. The minimum atomic E-state index is -0.184. The van der Waals surface area contributed by atoms with Crippen LogP contribution >= 0.6 is 0 Å². The van der Waals surface area contributed by atoms with Crippen LogP contribution in [0.15, 0.2) is 36.8 Å². The van der Waals surface area contributed by atoms with Gasteiger partial charge in [0.15, 0.2) is 0 Å². The van der Waals surface area contributed by atoms with Gasteiger partial charge < -0.3 is 5.32 Å². The van der Waals surface area contributed by atoms with Gasteiger partial charge in [-0.2, -0.15) is 0 Å². The van der Waals surface area contributed by atoms with Gasteiger partial charge in [0.2, 0.25) is 0 Å². The van der Waals surface area contributed by atoms with E-state index in [1.807, 2.05) is 0 Å². The van der Waals surface area contributed by atoms with E-state index in [1.165, 1.54) is 42.8 Å². The molecule has 0 atom stereocenters. The Morgan fingerprint density at radius 2 is 2.00 bits per heavy atom. The number of hydrogen-bond donors (Lipinski definition) is 1. The number of hydrogen-bond acceptors (Lipinski definition) is 3. The van der Waals surface area contributed by atoms with Crippen LogP contribution in [0.5, 0.6) is 0 Å². The third-order valence-electron chi connectivity index (χ3n) is 3.66. The van der Waals surface area contributed by atoms with Gasteiger partial charge in [-0.15, -0.1) is 0 Å². The molecule has 102 valence electrons. The first-order chi connectivity index (χ1) is 9.83. The Bertz CT molecular complexity index is 610. The van der Waals surface area contributed by atoms with Crippen molar-refractivity contribution in [2.24, 2.45) is 0 Å². The van der Waals surface area contributed by atoms with Gasteiger partial charge in [-0.05, 0) is 42.4 Å². The van der Waals surface area contributed by atoms with Gasteiger partial charge in [0, 0.05) is 18.9 Å². The highest BCUT2D eigenvalue weighted by Crippen LogP contribution is 2.22. The van der Waals surface area contributed by atoms with Gasteiger partial charge >= 0.3 is 0 Å². The van der Waals surface area contributed by atoms with E-state index in [0.29, 0.717) is 12.2 Å². The number of aryl methyl sites for hydroxylation is 2. The summed E-state index contributed by atoms with van der Waals surface area (Å²) < 4.78 is 0. The lowest BCUT2D eigenvalue weighted by Gasteiger charge is -2.16. The van der Waals surface area contributed by atoms with Crippen molar-refractivity contribution in [3.8, 4) is 0 Å². The third kappa shape index (κ3) is 2.85. The predicted octanol–water partition coefficient (Wildman–Crippen LogP) is 2.29. The second-order valence-electron chi connectivity index (χ2n) is 5.08. The number of carbonyl (C=O) groups is 1. The second-order valence-corrected chi connectivity index (χ2v) is 5.08. The summed E-state index contributed by atoms with van der Waals surface area (Å²) in [6.07, 6.45) is 9.44. The lowest BCUT2D eigenvalue weighted by Crippen LogP contribution is -2.24. The van der Waals surface area contributed by atoms with E-state index < -0.39 is 0 Å². The van der Waals surface area contributed by atoms with Gasteiger partial charge in [0.25, 0.3) is 5.91 Å². The summed E-state index contributed by atoms with van der Waals surface area (Å²) in [5.41, 5.74) is 4.39. The Kier molecular flexibility index (Phi) is 3.72. The first-order valence-electron chi connectivity index (χ1n) is 6.98. The Morgan fingerprint density at radius 1 is 1.15 bits per heavy atom. The normalized spacial score (nSPS) is 13.6. The number of fused-ring (bicyclic) bond motifs is 1. The molecule has 4 heteroatoms. The second kappa shape index (κ2) is 5.82. The number of rotatable bonds is 3. The van der Waals surface area contributed by atoms with E-state index in [1.54, 1.807) is 6.20 Å². The number of benzene rings is 1. The van der Waals surface area contributed by atoms with E-state index >= 15 is 0 Å². The van der Waals surface area contributed by atoms with Gasteiger partial charge in [0.1, 0.15) is 5.69 Å². The zero-order valence-corrected chi connectivity index (χ0v) is 11.3. The van der Waals surface area contributed by atoms with Crippen molar-refractivity contribution in [3.05, 3.63) is 59.2 Å². The summed E-state index contributed by atoms with van der Waals surface area (Å²) in [6.45, 7) is 0.530. The molecule has 0 saturated heterocycles. The Labute approximate surface area is 118 Å². The molecule has 1 aliphatic carbocycles. The molecule has 1 aromatic heterocycles. The number of aromatic nitrogens is 2. The van der Waals surface area contributed by atoms with Crippen molar-refractivity contribution in [2.45, 2.75) is 32.2 Å². The molecular formula is C16H17N3O. The summed E-state index contributed by atoms with van der Waals surface area (Å²) in [4.78, 5) is 19.8. The van der Waals surface area contributed by atoms with Crippen LogP contribution < -0.4 is 5.32 Å². The Hall–Kier alpha value is -2.23. The lowest BCUT2D eigenvalue weighted by atomic mass is 9.90. The van der Waals surface area contributed by atoms with E-state index in [4.69, 9.17) is 0 Å². The fraction of sp³-hybridized carbons (Fsp3) is 0.312. The molecule has 3 rings (SSSR count). The first kappa shape index (κ1) is 12.8. The molecule has 0 radical (unpaired) electrons. The molecule has 1 heterocycles. The number of carbonyl (C=O) groups excluding carboxylic acids is 1. The minimum absolute atomic E-state index is 0.184. The fourth-order valence-corrected chi connectivity index (χ4v) is 2.59. The summed E-state index contributed by atoms with van der Waals surface area (Å²) in [5, 5.41) is 2.88. The topological polar surface area (TPSA) is 54.9 Å². The molecule has 1 amide bonds. The van der Waals surface area contributed by atoms with Crippen molar-refractivity contribution in [1.29, 1.82) is 0 Å². The fourth-order valence-electron chi connectivity index (χ4n) is 2.59. The molecule has 2 aromatic rings. The van der Waals surface area contributed by atoms with Crippen LogP contribution in [0.2, 0.25) is 0 Å². The van der Waals surface area contributed by atoms with Crippen LogP contribution in [-0.4, -0.2) is 15.9 Å². The van der Waals surface area contributed by atoms with Crippen LogP contribution in [0.25, 0.3) is 0 Å². The first-order valence-corrected chi connectivity index (χ1v) is 6.98. The molecule has 0 fully saturated rings. The summed E-state index contributed by atoms with van der Waals surface area (Å²) in [5.74, 6) is -0.184. The van der Waals surface area contributed by atoms with Crippen LogP contribution in [0, 0.1) is 0 Å². The van der Waals surface area contributed by atoms with Crippen molar-refractivity contribution >= 4 is 5.91 Å². The Morgan fingerprint density at radius 3 is 2.80 bits per heavy atom. The van der Waals surface area contributed by atoms with Crippen LogP contribution in [0.3, 0.4) is 0 Å². The molecular weight excluding hydrogens is 250 g/mol. The molecule has 4 nitrogen and oxygen atoms in total.